The van der Waals surface area contributed by atoms with Gasteiger partial charge in [-0.05, 0) is 25.0 Å². The van der Waals surface area contributed by atoms with E-state index in [9.17, 15) is 14.4 Å². The van der Waals surface area contributed by atoms with E-state index >= 15 is 0 Å². The number of hydrogen-bond donors (Lipinski definition) is 3. The van der Waals surface area contributed by atoms with E-state index in [2.05, 4.69) is 10.6 Å². The quantitative estimate of drug-likeness (QED) is 0.464. The molecule has 0 saturated carbocycles. The van der Waals surface area contributed by atoms with Crippen molar-refractivity contribution in [3.63, 3.8) is 0 Å². The Morgan fingerprint density at radius 2 is 2.00 bits per heavy atom. The molecule has 0 saturated heterocycles. The molecule has 0 aromatic heterocycles. The maximum absolute atomic E-state index is 12.0. The number of ether oxygens (including phenoxy) is 1. The maximum Gasteiger partial charge on any atom is 0.312 e. The zero-order valence-electron chi connectivity index (χ0n) is 13.5. The van der Waals surface area contributed by atoms with Crippen molar-refractivity contribution in [2.24, 2.45) is 5.73 Å². The molecule has 4 N–H and O–H groups in total. The summed E-state index contributed by atoms with van der Waals surface area (Å²) < 4.78 is 4.80. The third-order valence-electron chi connectivity index (χ3n) is 3.17. The first-order chi connectivity index (χ1) is 11.4. The molecule has 0 spiro atoms. The Bertz CT molecular complexity index is 580. The maximum atomic E-state index is 12.0. The molecule has 0 aliphatic rings. The number of carbonyl (C=O) groups is 3. The number of benzene rings is 1. The lowest BCUT2D eigenvalue weighted by molar-refractivity contribution is -0.143. The lowest BCUT2D eigenvalue weighted by Crippen LogP contribution is -2.37. The average molecular weight is 356 g/mol. The minimum Gasteiger partial charge on any atom is -0.466 e. The Morgan fingerprint density at radius 3 is 2.62 bits per heavy atom. The highest BCUT2D eigenvalue weighted by molar-refractivity contribution is 6.31. The summed E-state index contributed by atoms with van der Waals surface area (Å²) in [5, 5.41) is 5.64. The Hall–Kier alpha value is -2.28. The van der Waals surface area contributed by atoms with Crippen LogP contribution >= 0.6 is 11.6 Å². The molecular formula is C16H22ClN3O4. The molecule has 0 aliphatic carbocycles. The normalized spacial score (nSPS) is 11.4. The summed E-state index contributed by atoms with van der Waals surface area (Å²) in [5.74, 6) is -0.575. The molecule has 0 unspecified atom stereocenters. The zero-order chi connectivity index (χ0) is 17.9. The van der Waals surface area contributed by atoms with Gasteiger partial charge in [-0.2, -0.15) is 0 Å². The van der Waals surface area contributed by atoms with Crippen molar-refractivity contribution in [3.8, 4) is 0 Å². The lowest BCUT2D eigenvalue weighted by Gasteiger charge is -2.19. The van der Waals surface area contributed by atoms with Crippen LogP contribution in [0.1, 0.15) is 37.8 Å². The van der Waals surface area contributed by atoms with Crippen LogP contribution in [0.5, 0.6) is 0 Å². The Kier molecular flexibility index (Phi) is 8.64. The minimum absolute atomic E-state index is 0.00786. The number of amides is 3. The summed E-state index contributed by atoms with van der Waals surface area (Å²) in [6.07, 6.45) is 0.707. The Labute approximate surface area is 145 Å². The van der Waals surface area contributed by atoms with Crippen molar-refractivity contribution >= 4 is 29.5 Å². The molecule has 24 heavy (non-hydrogen) atoms. The fourth-order valence-electron chi connectivity index (χ4n) is 2.12. The molecule has 3 amide bonds. The topological polar surface area (TPSA) is 111 Å². The largest absolute Gasteiger partial charge is 0.466 e. The zero-order valence-corrected chi connectivity index (χ0v) is 14.3. The molecular weight excluding hydrogens is 334 g/mol. The molecule has 132 valence electrons. The standard InChI is InChI=1S/C16H22ClN3O4/c1-2-24-15(22)8-5-9-19-14(21)10-13(20-16(18)23)11-6-3-4-7-12(11)17/h3-4,6-7,13H,2,5,8-10H2,1H3,(H,19,21)(H3,18,20,23)/t13-/m1/s1. The van der Waals surface area contributed by atoms with Crippen LogP contribution < -0.4 is 16.4 Å². The van der Waals surface area contributed by atoms with Crippen molar-refractivity contribution in [3.05, 3.63) is 34.9 Å². The SMILES string of the molecule is CCOC(=O)CCCNC(=O)C[C@@H](NC(N)=O)c1ccccc1Cl. The van der Waals surface area contributed by atoms with Crippen LogP contribution in [0, 0.1) is 0 Å². The fraction of sp³-hybridized carbons (Fsp3) is 0.438. The number of carbonyl (C=O) groups excluding carboxylic acids is 3. The molecule has 0 heterocycles. The number of rotatable bonds is 9. The number of esters is 1. The predicted molar refractivity (Wildman–Crippen MR) is 90.4 cm³/mol. The molecule has 1 aromatic carbocycles. The summed E-state index contributed by atoms with van der Waals surface area (Å²) in [6.45, 7) is 2.41. The van der Waals surface area contributed by atoms with Gasteiger partial charge in [0.25, 0.3) is 0 Å². The van der Waals surface area contributed by atoms with Gasteiger partial charge in [-0.15, -0.1) is 0 Å². The van der Waals surface area contributed by atoms with Crippen LogP contribution in [0.3, 0.4) is 0 Å². The Balaban J connectivity index is 2.52. The van der Waals surface area contributed by atoms with Gasteiger partial charge in [0.15, 0.2) is 0 Å². The number of nitrogens with one attached hydrogen (secondary N) is 2. The van der Waals surface area contributed by atoms with Gasteiger partial charge in [0.2, 0.25) is 5.91 Å². The van der Waals surface area contributed by atoms with Gasteiger partial charge in [-0.25, -0.2) is 4.79 Å². The summed E-state index contributed by atoms with van der Waals surface area (Å²) in [7, 11) is 0. The van der Waals surface area contributed by atoms with Gasteiger partial charge < -0.3 is 21.1 Å². The fourth-order valence-corrected chi connectivity index (χ4v) is 2.39. The monoisotopic (exact) mass is 355 g/mol. The van der Waals surface area contributed by atoms with Gasteiger partial charge in [-0.1, -0.05) is 29.8 Å². The molecule has 7 nitrogen and oxygen atoms in total. The van der Waals surface area contributed by atoms with Crippen LogP contribution in [0.25, 0.3) is 0 Å². The summed E-state index contributed by atoms with van der Waals surface area (Å²) in [5.41, 5.74) is 5.77. The minimum atomic E-state index is -0.741. The second-order valence-electron chi connectivity index (χ2n) is 5.05. The van der Waals surface area contributed by atoms with E-state index in [1.807, 2.05) is 0 Å². The first-order valence-corrected chi connectivity index (χ1v) is 8.04. The van der Waals surface area contributed by atoms with E-state index in [4.69, 9.17) is 22.1 Å². The van der Waals surface area contributed by atoms with Crippen molar-refractivity contribution in [2.45, 2.75) is 32.2 Å². The third-order valence-corrected chi connectivity index (χ3v) is 3.52. The molecule has 0 fully saturated rings. The van der Waals surface area contributed by atoms with Crippen molar-refractivity contribution in [2.75, 3.05) is 13.2 Å². The molecule has 0 aliphatic heterocycles. The molecule has 8 heteroatoms. The van der Waals surface area contributed by atoms with E-state index < -0.39 is 12.1 Å². The smallest absolute Gasteiger partial charge is 0.312 e. The van der Waals surface area contributed by atoms with Gasteiger partial charge in [-0.3, -0.25) is 9.59 Å². The lowest BCUT2D eigenvalue weighted by atomic mass is 10.0. The molecule has 1 atom stereocenters. The van der Waals surface area contributed by atoms with Gasteiger partial charge in [0, 0.05) is 18.0 Å². The number of nitrogens with two attached hydrogens (primary N) is 1. The number of urea groups is 1. The summed E-state index contributed by atoms with van der Waals surface area (Å²) in [4.78, 5) is 34.4. The number of halogens is 1. The van der Waals surface area contributed by atoms with Crippen LogP contribution in [0.2, 0.25) is 5.02 Å². The molecule has 1 aromatic rings. The number of hydrogen-bond acceptors (Lipinski definition) is 4. The van der Waals surface area contributed by atoms with E-state index in [-0.39, 0.29) is 24.7 Å². The van der Waals surface area contributed by atoms with Crippen LogP contribution in [0.4, 0.5) is 4.79 Å². The van der Waals surface area contributed by atoms with Crippen molar-refractivity contribution in [1.82, 2.24) is 10.6 Å². The second kappa shape index (κ2) is 10.5. The van der Waals surface area contributed by atoms with E-state index in [1.165, 1.54) is 0 Å². The third kappa shape index (κ3) is 7.32. The molecule has 0 radical (unpaired) electrons. The summed E-state index contributed by atoms with van der Waals surface area (Å²) in [6, 6.07) is 5.54. The average Bonchev–Trinajstić information content (AvgIpc) is 2.51. The number of primary amides is 1. The highest BCUT2D eigenvalue weighted by Gasteiger charge is 2.19. The molecule has 1 rings (SSSR count). The first-order valence-electron chi connectivity index (χ1n) is 7.66. The van der Waals surface area contributed by atoms with E-state index in [1.54, 1.807) is 31.2 Å². The predicted octanol–water partition coefficient (Wildman–Crippen LogP) is 1.90. The van der Waals surface area contributed by atoms with Crippen molar-refractivity contribution < 1.29 is 19.1 Å². The Morgan fingerprint density at radius 1 is 1.29 bits per heavy atom. The van der Waals surface area contributed by atoms with Crippen molar-refractivity contribution in [1.29, 1.82) is 0 Å². The highest BCUT2D eigenvalue weighted by Crippen LogP contribution is 2.24. The van der Waals surface area contributed by atoms with Crippen LogP contribution in [-0.2, 0) is 14.3 Å². The van der Waals surface area contributed by atoms with Gasteiger partial charge in [0.05, 0.1) is 19.1 Å². The van der Waals surface area contributed by atoms with E-state index in [0.717, 1.165) is 0 Å². The highest BCUT2D eigenvalue weighted by atomic mass is 35.5. The van der Waals surface area contributed by atoms with Crippen LogP contribution in [0.15, 0.2) is 24.3 Å². The summed E-state index contributed by atoms with van der Waals surface area (Å²) >= 11 is 6.10. The van der Waals surface area contributed by atoms with Gasteiger partial charge >= 0.3 is 12.0 Å². The van der Waals surface area contributed by atoms with E-state index in [0.29, 0.717) is 30.2 Å². The van der Waals surface area contributed by atoms with Gasteiger partial charge in [0.1, 0.15) is 0 Å². The first kappa shape index (κ1) is 19.8. The second-order valence-corrected chi connectivity index (χ2v) is 5.45. The van der Waals surface area contributed by atoms with Crippen LogP contribution in [-0.4, -0.2) is 31.1 Å². The molecule has 0 bridgehead atoms.